The number of carbonyl (C=O) groups is 1. The van der Waals surface area contributed by atoms with Crippen LogP contribution >= 0.6 is 13.5 Å². The number of ketones is 1. The molecule has 2 saturated carbocycles. The maximum Gasteiger partial charge on any atom is 0.181 e. The van der Waals surface area contributed by atoms with Gasteiger partial charge in [-0.1, -0.05) is 12.5 Å². The fourth-order valence-electron chi connectivity index (χ4n) is 6.55. The first-order chi connectivity index (χ1) is 19.0. The number of anilines is 1. The van der Waals surface area contributed by atoms with Gasteiger partial charge in [0.25, 0.3) is 0 Å². The molecule has 8 nitrogen and oxygen atoms in total. The van der Waals surface area contributed by atoms with E-state index in [0.29, 0.717) is 48.8 Å². The number of aliphatic hydroxyl groups is 1. The van der Waals surface area contributed by atoms with E-state index < -0.39 is 6.10 Å². The standard InChI is InChI=1S/C31H38N4O4.H2S/c1-21-27-8-12-35(17-23(27)3-6-29(21)38-19-26-16-32-20-39-26)18-25(36)4-5-28(37)22-7-11-33-30(13-22)34-24-14-31(15-24)9-2-10-31;/h3,6-7,11,13,16,20,24-25,36H,2,4-5,8-10,12,14-15,17-19H2,1H3,(H,33,34);1H2/t25-;/m0./s1. The molecular weight excluding hydrogens is 524 g/mol. The van der Waals surface area contributed by atoms with Gasteiger partial charge in [0.05, 0.1) is 12.3 Å². The summed E-state index contributed by atoms with van der Waals surface area (Å²) in [5, 5.41) is 14.3. The molecule has 3 aliphatic rings. The van der Waals surface area contributed by atoms with Crippen LogP contribution in [0.2, 0.25) is 0 Å². The number of carbonyl (C=O) groups excluding carboxylic acids is 1. The minimum absolute atomic E-state index is 0. The van der Waals surface area contributed by atoms with Gasteiger partial charge in [-0.3, -0.25) is 9.69 Å². The van der Waals surface area contributed by atoms with Gasteiger partial charge in [0.2, 0.25) is 0 Å². The van der Waals surface area contributed by atoms with E-state index in [1.54, 1.807) is 18.5 Å². The second-order valence-electron chi connectivity index (χ2n) is 11.7. The molecule has 214 valence electrons. The molecule has 3 heterocycles. The Balaban J connectivity index is 0.00000323. The number of β-amino-alcohol motifs (C(OH)–C–C–N with tert-alkyl or cyclic N) is 1. The number of fused-ring (bicyclic) bond motifs is 1. The highest BCUT2D eigenvalue weighted by Gasteiger charge is 2.48. The third-order valence-electron chi connectivity index (χ3n) is 8.95. The van der Waals surface area contributed by atoms with Crippen molar-refractivity contribution < 1.29 is 19.1 Å². The lowest BCUT2D eigenvalue weighted by molar-refractivity contribution is 0.0191. The molecule has 1 atom stereocenters. The lowest BCUT2D eigenvalue weighted by atomic mass is 9.54. The maximum atomic E-state index is 12.9. The number of aromatic nitrogens is 2. The Labute approximate surface area is 243 Å². The van der Waals surface area contributed by atoms with Gasteiger partial charge >= 0.3 is 0 Å². The molecule has 0 amide bonds. The molecule has 2 aliphatic carbocycles. The van der Waals surface area contributed by atoms with Crippen molar-refractivity contribution in [2.45, 2.75) is 83.6 Å². The van der Waals surface area contributed by atoms with Crippen LogP contribution in [-0.4, -0.2) is 51.0 Å². The van der Waals surface area contributed by atoms with Gasteiger partial charge in [0.1, 0.15) is 18.2 Å². The number of Topliss-reactive ketones (excluding diaryl/α,β-unsaturated/α-hetero) is 1. The molecule has 2 fully saturated rings. The van der Waals surface area contributed by atoms with E-state index in [0.717, 1.165) is 36.6 Å². The lowest BCUT2D eigenvalue weighted by Gasteiger charge is -2.54. The molecule has 0 radical (unpaired) electrons. The third-order valence-corrected chi connectivity index (χ3v) is 8.95. The number of benzene rings is 1. The number of oxazole rings is 1. The number of nitrogens with zero attached hydrogens (tertiary/aromatic N) is 3. The van der Waals surface area contributed by atoms with Crippen LogP contribution in [0.25, 0.3) is 0 Å². The van der Waals surface area contributed by atoms with Gasteiger partial charge in [0, 0.05) is 43.9 Å². The molecule has 1 spiro atoms. The summed E-state index contributed by atoms with van der Waals surface area (Å²) >= 11 is 0. The fraction of sp³-hybridized carbons (Fsp3) is 0.516. The number of pyridine rings is 1. The Morgan fingerprint density at radius 1 is 1.30 bits per heavy atom. The normalized spacial score (nSPS) is 18.6. The SMILES string of the molecule is Cc1c(OCc2cnco2)ccc2c1CCN(C[C@@H](O)CCC(=O)c1ccnc(NC3CC4(CCC4)C3)c1)C2.S. The third kappa shape index (κ3) is 6.37. The molecule has 3 aromatic rings. The van der Waals surface area contributed by atoms with Crippen LogP contribution in [0.5, 0.6) is 5.75 Å². The van der Waals surface area contributed by atoms with Crippen molar-refractivity contribution in [1.82, 2.24) is 14.9 Å². The number of rotatable bonds is 11. The summed E-state index contributed by atoms with van der Waals surface area (Å²) in [7, 11) is 0. The van der Waals surface area contributed by atoms with Crippen molar-refractivity contribution in [1.29, 1.82) is 0 Å². The molecule has 6 rings (SSSR count). The van der Waals surface area contributed by atoms with Gasteiger partial charge in [-0.05, 0) is 85.8 Å². The summed E-state index contributed by atoms with van der Waals surface area (Å²) in [6, 6.07) is 8.25. The first-order valence-electron chi connectivity index (χ1n) is 14.2. The van der Waals surface area contributed by atoms with Crippen molar-refractivity contribution >= 4 is 25.1 Å². The van der Waals surface area contributed by atoms with Gasteiger partial charge in [-0.15, -0.1) is 0 Å². The highest BCUT2D eigenvalue weighted by Crippen LogP contribution is 2.56. The predicted molar refractivity (Wildman–Crippen MR) is 158 cm³/mol. The Bertz CT molecular complexity index is 1300. The smallest absolute Gasteiger partial charge is 0.181 e. The highest BCUT2D eigenvalue weighted by atomic mass is 32.1. The molecule has 40 heavy (non-hydrogen) atoms. The van der Waals surface area contributed by atoms with Crippen LogP contribution in [0.4, 0.5) is 5.82 Å². The molecule has 1 aliphatic heterocycles. The van der Waals surface area contributed by atoms with E-state index >= 15 is 0 Å². The number of aliphatic hydroxyl groups excluding tert-OH is 1. The first kappa shape index (κ1) is 28.6. The van der Waals surface area contributed by atoms with Gasteiger partial charge in [-0.25, -0.2) is 9.97 Å². The molecule has 2 N–H and O–H groups in total. The predicted octanol–water partition coefficient (Wildman–Crippen LogP) is 5.20. The number of nitrogens with one attached hydrogen (secondary N) is 1. The summed E-state index contributed by atoms with van der Waals surface area (Å²) < 4.78 is 11.2. The van der Waals surface area contributed by atoms with Gasteiger partial charge < -0.3 is 19.6 Å². The Hall–Kier alpha value is -2.88. The van der Waals surface area contributed by atoms with Crippen LogP contribution in [0.3, 0.4) is 0 Å². The zero-order chi connectivity index (χ0) is 26.8. The monoisotopic (exact) mass is 564 g/mol. The van der Waals surface area contributed by atoms with Crippen LogP contribution in [0.15, 0.2) is 47.5 Å². The number of hydrogen-bond donors (Lipinski definition) is 2. The molecule has 0 bridgehead atoms. The number of ether oxygens (including phenoxy) is 1. The molecule has 0 saturated heterocycles. The summed E-state index contributed by atoms with van der Waals surface area (Å²) in [4.78, 5) is 23.5. The van der Waals surface area contributed by atoms with Crippen LogP contribution in [0, 0.1) is 12.3 Å². The maximum absolute atomic E-state index is 12.9. The van der Waals surface area contributed by atoms with E-state index in [1.165, 1.54) is 49.6 Å². The largest absolute Gasteiger partial charge is 0.485 e. The van der Waals surface area contributed by atoms with Gasteiger partial charge in [-0.2, -0.15) is 13.5 Å². The Morgan fingerprint density at radius 3 is 2.90 bits per heavy atom. The molecule has 1 aromatic carbocycles. The quantitative estimate of drug-likeness (QED) is 0.307. The van der Waals surface area contributed by atoms with Crippen LogP contribution < -0.4 is 10.1 Å². The Kier molecular flexibility index (Phi) is 8.83. The minimum Gasteiger partial charge on any atom is -0.485 e. The van der Waals surface area contributed by atoms with Crippen LogP contribution in [-0.2, 0) is 19.6 Å². The van der Waals surface area contributed by atoms with E-state index in [-0.39, 0.29) is 19.3 Å². The lowest BCUT2D eigenvalue weighted by Crippen LogP contribution is -2.49. The van der Waals surface area contributed by atoms with E-state index in [2.05, 4.69) is 33.2 Å². The first-order valence-corrected chi connectivity index (χ1v) is 14.2. The zero-order valence-corrected chi connectivity index (χ0v) is 24.2. The number of hydrogen-bond acceptors (Lipinski definition) is 8. The average molecular weight is 565 g/mol. The summed E-state index contributed by atoms with van der Waals surface area (Å²) in [6.07, 6.45) is 12.5. The summed E-state index contributed by atoms with van der Waals surface area (Å²) in [6.45, 7) is 4.66. The highest BCUT2D eigenvalue weighted by molar-refractivity contribution is 7.59. The van der Waals surface area contributed by atoms with Crippen molar-refractivity contribution in [2.75, 3.05) is 18.4 Å². The molecule has 0 unspecified atom stereocenters. The van der Waals surface area contributed by atoms with Crippen molar-refractivity contribution in [3.05, 3.63) is 71.1 Å². The second kappa shape index (κ2) is 12.3. The minimum atomic E-state index is -0.547. The van der Waals surface area contributed by atoms with E-state index in [1.807, 2.05) is 12.1 Å². The van der Waals surface area contributed by atoms with Gasteiger partial charge in [0.15, 0.2) is 17.9 Å². The van der Waals surface area contributed by atoms with E-state index in [4.69, 9.17) is 9.15 Å². The second-order valence-corrected chi connectivity index (χ2v) is 11.7. The molecule has 2 aromatic heterocycles. The summed E-state index contributed by atoms with van der Waals surface area (Å²) in [5.41, 5.74) is 5.01. The van der Waals surface area contributed by atoms with Crippen molar-refractivity contribution in [3.63, 3.8) is 0 Å². The molecular formula is C31H40N4O4S. The fourth-order valence-corrected chi connectivity index (χ4v) is 6.55. The van der Waals surface area contributed by atoms with E-state index in [9.17, 15) is 9.90 Å². The van der Waals surface area contributed by atoms with Crippen LogP contribution in [0.1, 0.15) is 77.8 Å². The molecule has 9 heteroatoms. The zero-order valence-electron chi connectivity index (χ0n) is 23.2. The Morgan fingerprint density at radius 2 is 2.15 bits per heavy atom. The topological polar surface area (TPSA) is 101 Å². The average Bonchev–Trinajstić information content (AvgIpc) is 3.41. The van der Waals surface area contributed by atoms with Crippen molar-refractivity contribution in [3.8, 4) is 5.75 Å². The van der Waals surface area contributed by atoms with Crippen molar-refractivity contribution in [2.24, 2.45) is 5.41 Å². The summed E-state index contributed by atoms with van der Waals surface area (Å²) in [5.74, 6) is 2.40.